The highest BCUT2D eigenvalue weighted by Crippen LogP contribution is 1.99. The van der Waals surface area contributed by atoms with E-state index in [0.717, 1.165) is 0 Å². The molecule has 0 aliphatic rings. The molecule has 11 heavy (non-hydrogen) atoms. The van der Waals surface area contributed by atoms with Crippen LogP contribution in [0.3, 0.4) is 0 Å². The van der Waals surface area contributed by atoms with Crippen LogP contribution < -0.4 is 0 Å². The highest BCUT2D eigenvalue weighted by Gasteiger charge is 2.08. The number of rotatable bonds is 3. The Labute approximate surface area is 66.7 Å². The molecular formula is C7H11NO2S. The van der Waals surface area contributed by atoms with Gasteiger partial charge in [0.1, 0.15) is 0 Å². The van der Waals surface area contributed by atoms with Crippen LogP contribution in [0.1, 0.15) is 13.3 Å². The third-order valence-corrected chi connectivity index (χ3v) is 3.17. The lowest BCUT2D eigenvalue weighted by atomic mass is 10.6. The topological polar surface area (TPSA) is 39.1 Å². The predicted octanol–water partition coefficient (Wildman–Crippen LogP) is 1.08. The lowest BCUT2D eigenvalue weighted by Crippen LogP contribution is -2.13. The van der Waals surface area contributed by atoms with Crippen LogP contribution in [-0.2, 0) is 10.0 Å². The molecule has 0 bridgehead atoms. The molecule has 0 aliphatic carbocycles. The zero-order valence-electron chi connectivity index (χ0n) is 6.40. The summed E-state index contributed by atoms with van der Waals surface area (Å²) in [7, 11) is -3.05. The summed E-state index contributed by atoms with van der Waals surface area (Å²) in [5, 5.41) is 0. The Morgan fingerprint density at radius 2 is 1.82 bits per heavy atom. The van der Waals surface area contributed by atoms with E-state index in [-0.39, 0.29) is 5.75 Å². The first-order valence-electron chi connectivity index (χ1n) is 3.53. The van der Waals surface area contributed by atoms with Gasteiger partial charge >= 0.3 is 0 Å². The van der Waals surface area contributed by atoms with Crippen LogP contribution in [0, 0.1) is 0 Å². The summed E-state index contributed by atoms with van der Waals surface area (Å²) in [6, 6.07) is 3.40. The summed E-state index contributed by atoms with van der Waals surface area (Å²) in [5.74, 6) is 0.210. The molecule has 0 aliphatic heterocycles. The number of nitrogens with zero attached hydrogens (tertiary/aromatic N) is 1. The van der Waals surface area contributed by atoms with Crippen molar-refractivity contribution in [3.63, 3.8) is 0 Å². The van der Waals surface area contributed by atoms with Crippen molar-refractivity contribution in [1.82, 2.24) is 3.97 Å². The largest absolute Gasteiger partial charge is 0.253 e. The molecule has 0 N–H and O–H groups in total. The Bertz CT molecular complexity index is 299. The Hall–Kier alpha value is -0.770. The van der Waals surface area contributed by atoms with Crippen LogP contribution >= 0.6 is 0 Å². The highest BCUT2D eigenvalue weighted by atomic mass is 32.2. The van der Waals surface area contributed by atoms with E-state index in [0.29, 0.717) is 6.42 Å². The summed E-state index contributed by atoms with van der Waals surface area (Å²) in [5.41, 5.74) is 0. The molecule has 0 radical (unpaired) electrons. The van der Waals surface area contributed by atoms with E-state index in [9.17, 15) is 8.42 Å². The molecular weight excluding hydrogens is 162 g/mol. The normalized spacial score (nSPS) is 11.7. The van der Waals surface area contributed by atoms with Crippen LogP contribution in [0.15, 0.2) is 24.5 Å². The number of hydrogen-bond acceptors (Lipinski definition) is 2. The van der Waals surface area contributed by atoms with Gasteiger partial charge in [-0.1, -0.05) is 6.92 Å². The zero-order chi connectivity index (χ0) is 8.32. The van der Waals surface area contributed by atoms with E-state index in [1.807, 2.05) is 6.92 Å². The summed E-state index contributed by atoms with van der Waals surface area (Å²) < 4.78 is 23.8. The van der Waals surface area contributed by atoms with Gasteiger partial charge in [-0.15, -0.1) is 0 Å². The molecule has 0 aromatic carbocycles. The average Bonchev–Trinajstić information content (AvgIpc) is 2.37. The predicted molar refractivity (Wildman–Crippen MR) is 43.9 cm³/mol. The minimum Gasteiger partial charge on any atom is -0.253 e. The standard InChI is InChI=1S/C7H11NO2S/c1-2-7-11(9,10)8-5-3-4-6-8/h3-6H,2,7H2,1H3. The molecule has 0 saturated heterocycles. The second-order valence-electron chi connectivity index (χ2n) is 2.33. The Balaban J connectivity index is 2.92. The minimum absolute atomic E-state index is 0.210. The van der Waals surface area contributed by atoms with Crippen molar-refractivity contribution in [3.8, 4) is 0 Å². The Morgan fingerprint density at radius 1 is 1.27 bits per heavy atom. The van der Waals surface area contributed by atoms with Crippen LogP contribution in [0.2, 0.25) is 0 Å². The fraction of sp³-hybridized carbons (Fsp3) is 0.429. The summed E-state index contributed by atoms with van der Waals surface area (Å²) in [4.78, 5) is 0. The summed E-state index contributed by atoms with van der Waals surface area (Å²) >= 11 is 0. The van der Waals surface area contributed by atoms with Crippen molar-refractivity contribution >= 4 is 10.0 Å². The van der Waals surface area contributed by atoms with Crippen LogP contribution in [0.5, 0.6) is 0 Å². The van der Waals surface area contributed by atoms with Gasteiger partial charge in [0.15, 0.2) is 0 Å². The lowest BCUT2D eigenvalue weighted by molar-refractivity contribution is 0.586. The Kier molecular flexibility index (Phi) is 2.34. The maximum absolute atomic E-state index is 11.3. The van der Waals surface area contributed by atoms with E-state index in [4.69, 9.17) is 0 Å². The van der Waals surface area contributed by atoms with Crippen LogP contribution in [-0.4, -0.2) is 18.1 Å². The quantitative estimate of drug-likeness (QED) is 0.686. The Morgan fingerprint density at radius 3 is 2.27 bits per heavy atom. The first kappa shape index (κ1) is 8.33. The molecule has 1 rings (SSSR count). The molecule has 3 nitrogen and oxygen atoms in total. The second-order valence-corrected chi connectivity index (χ2v) is 4.32. The molecule has 1 aromatic heterocycles. The molecule has 0 amide bonds. The molecule has 0 saturated carbocycles. The third-order valence-electron chi connectivity index (χ3n) is 1.36. The smallest absolute Gasteiger partial charge is 0.238 e. The molecule has 0 fully saturated rings. The van der Waals surface area contributed by atoms with Crippen molar-refractivity contribution in [2.45, 2.75) is 13.3 Å². The van der Waals surface area contributed by atoms with Crippen LogP contribution in [0.4, 0.5) is 0 Å². The third kappa shape index (κ3) is 1.83. The molecule has 4 heteroatoms. The van der Waals surface area contributed by atoms with Crippen molar-refractivity contribution in [1.29, 1.82) is 0 Å². The van der Waals surface area contributed by atoms with E-state index in [2.05, 4.69) is 0 Å². The van der Waals surface area contributed by atoms with E-state index in [1.54, 1.807) is 24.5 Å². The molecule has 1 heterocycles. The summed E-state index contributed by atoms with van der Waals surface area (Å²) in [6.45, 7) is 1.85. The SMILES string of the molecule is CCCS(=O)(=O)n1cccc1. The summed E-state index contributed by atoms with van der Waals surface area (Å²) in [6.07, 6.45) is 3.75. The molecule has 1 aromatic rings. The van der Waals surface area contributed by atoms with Crippen LogP contribution in [0.25, 0.3) is 0 Å². The maximum Gasteiger partial charge on any atom is 0.238 e. The van der Waals surface area contributed by atoms with Gasteiger partial charge < -0.3 is 0 Å². The molecule has 62 valence electrons. The van der Waals surface area contributed by atoms with Crippen molar-refractivity contribution < 1.29 is 8.42 Å². The van der Waals surface area contributed by atoms with Crippen molar-refractivity contribution in [3.05, 3.63) is 24.5 Å². The van der Waals surface area contributed by atoms with Gasteiger partial charge in [-0.3, -0.25) is 3.97 Å². The fourth-order valence-electron chi connectivity index (χ4n) is 0.868. The molecule has 0 unspecified atom stereocenters. The van der Waals surface area contributed by atoms with Gasteiger partial charge in [-0.25, -0.2) is 8.42 Å². The first-order valence-corrected chi connectivity index (χ1v) is 5.14. The minimum atomic E-state index is -3.05. The van der Waals surface area contributed by atoms with Gasteiger partial charge in [-0.2, -0.15) is 0 Å². The molecule has 0 spiro atoms. The van der Waals surface area contributed by atoms with Crippen molar-refractivity contribution in [2.75, 3.05) is 5.75 Å². The van der Waals surface area contributed by atoms with Gasteiger partial charge in [0.05, 0.1) is 5.75 Å². The van der Waals surface area contributed by atoms with Gasteiger partial charge in [0.2, 0.25) is 10.0 Å². The van der Waals surface area contributed by atoms with E-state index >= 15 is 0 Å². The fourth-order valence-corrected chi connectivity index (χ4v) is 2.11. The first-order chi connectivity index (χ1) is 5.17. The lowest BCUT2D eigenvalue weighted by Gasteiger charge is -2.01. The monoisotopic (exact) mass is 173 g/mol. The molecule has 0 atom stereocenters. The number of hydrogen-bond donors (Lipinski definition) is 0. The number of aromatic nitrogens is 1. The average molecular weight is 173 g/mol. The van der Waals surface area contributed by atoms with E-state index < -0.39 is 10.0 Å². The maximum atomic E-state index is 11.3. The van der Waals surface area contributed by atoms with Crippen molar-refractivity contribution in [2.24, 2.45) is 0 Å². The van der Waals surface area contributed by atoms with Gasteiger partial charge in [-0.05, 0) is 18.6 Å². The van der Waals surface area contributed by atoms with Gasteiger partial charge in [0, 0.05) is 12.4 Å². The highest BCUT2D eigenvalue weighted by molar-refractivity contribution is 7.89. The van der Waals surface area contributed by atoms with Gasteiger partial charge in [0.25, 0.3) is 0 Å². The second kappa shape index (κ2) is 3.09. The zero-order valence-corrected chi connectivity index (χ0v) is 7.21. The van der Waals surface area contributed by atoms with E-state index in [1.165, 1.54) is 3.97 Å².